The van der Waals surface area contributed by atoms with E-state index in [-0.39, 0.29) is 18.5 Å². The van der Waals surface area contributed by atoms with Crippen LogP contribution in [0.2, 0.25) is 0 Å². The van der Waals surface area contributed by atoms with Crippen molar-refractivity contribution in [2.75, 3.05) is 6.61 Å². The zero-order chi connectivity index (χ0) is 9.26. The predicted octanol–water partition coefficient (Wildman–Crippen LogP) is 2.15. The Morgan fingerprint density at radius 2 is 2.08 bits per heavy atom. The van der Waals surface area contributed by atoms with E-state index in [1.165, 1.54) is 12.8 Å². The molecule has 0 amide bonds. The van der Waals surface area contributed by atoms with E-state index in [0.717, 1.165) is 12.8 Å². The average Bonchev–Trinajstić information content (AvgIpc) is 2.71. The molecule has 0 atom stereocenters. The molecule has 3 nitrogen and oxygen atoms in total. The van der Waals surface area contributed by atoms with Crippen LogP contribution in [0.4, 0.5) is 0 Å². The maximum absolute atomic E-state index is 11.1. The Bertz CT molecular complexity index is 254. The van der Waals surface area contributed by atoms with Crippen LogP contribution in [0.3, 0.4) is 0 Å². The molecular weight excluding hydrogens is 283 g/mol. The van der Waals surface area contributed by atoms with Crippen LogP contribution < -0.4 is 0 Å². The molecule has 1 aliphatic carbocycles. The fourth-order valence-electron chi connectivity index (χ4n) is 1.61. The van der Waals surface area contributed by atoms with Gasteiger partial charge in [0.2, 0.25) is 5.78 Å². The maximum atomic E-state index is 11.1. The third-order valence-electron chi connectivity index (χ3n) is 2.33. The summed E-state index contributed by atoms with van der Waals surface area (Å²) in [7, 11) is 0. The normalized spacial score (nSPS) is 23.9. The van der Waals surface area contributed by atoms with Crippen LogP contribution in [-0.2, 0) is 14.3 Å². The van der Waals surface area contributed by atoms with Gasteiger partial charge in [-0.25, -0.2) is 0 Å². The zero-order valence-corrected chi connectivity index (χ0v) is 9.37. The molecule has 0 saturated heterocycles. The lowest BCUT2D eigenvalue weighted by Gasteiger charge is -2.12. The molecular formula is C9H11IO3. The van der Waals surface area contributed by atoms with Crippen LogP contribution in [0.5, 0.6) is 0 Å². The first-order chi connectivity index (χ1) is 6.27. The number of Topliss-reactive ketones (excluding diaryl/α,β-unsaturated/α-hetero) is 1. The van der Waals surface area contributed by atoms with Crippen molar-refractivity contribution < 1.29 is 14.3 Å². The monoisotopic (exact) mass is 294 g/mol. The highest BCUT2D eigenvalue weighted by molar-refractivity contribution is 14.1. The lowest BCUT2D eigenvalue weighted by molar-refractivity contribution is -0.116. The summed E-state index contributed by atoms with van der Waals surface area (Å²) >= 11 is 1.99. The van der Waals surface area contributed by atoms with Gasteiger partial charge in [0, 0.05) is 0 Å². The van der Waals surface area contributed by atoms with Gasteiger partial charge in [-0.3, -0.25) is 4.79 Å². The minimum absolute atomic E-state index is 0.0357. The van der Waals surface area contributed by atoms with Crippen molar-refractivity contribution in [3.8, 4) is 0 Å². The van der Waals surface area contributed by atoms with E-state index in [9.17, 15) is 4.79 Å². The van der Waals surface area contributed by atoms with E-state index in [1.54, 1.807) is 0 Å². The number of carbonyl (C=O) groups is 1. The Hall–Kier alpha value is -0.260. The standard InChI is InChI=1S/C9H11IO3/c10-8-7(11)5-12-9(8)13-6-3-1-2-4-6/h6H,1-5H2. The van der Waals surface area contributed by atoms with Gasteiger partial charge < -0.3 is 9.47 Å². The number of hydrogen-bond acceptors (Lipinski definition) is 3. The largest absolute Gasteiger partial charge is 0.461 e. The molecule has 0 aromatic rings. The highest BCUT2D eigenvalue weighted by Crippen LogP contribution is 2.29. The molecule has 1 saturated carbocycles. The van der Waals surface area contributed by atoms with E-state index in [0.29, 0.717) is 9.53 Å². The van der Waals surface area contributed by atoms with Crippen molar-refractivity contribution in [2.45, 2.75) is 31.8 Å². The van der Waals surface area contributed by atoms with Crippen molar-refractivity contribution in [3.63, 3.8) is 0 Å². The molecule has 13 heavy (non-hydrogen) atoms. The van der Waals surface area contributed by atoms with E-state index < -0.39 is 0 Å². The molecule has 0 bridgehead atoms. The molecule has 2 rings (SSSR count). The molecule has 0 aromatic carbocycles. The highest BCUT2D eigenvalue weighted by atomic mass is 127. The van der Waals surface area contributed by atoms with Gasteiger partial charge in [0.15, 0.2) is 6.61 Å². The van der Waals surface area contributed by atoms with Crippen LogP contribution in [0.25, 0.3) is 0 Å². The third kappa shape index (κ3) is 1.98. The quantitative estimate of drug-likeness (QED) is 0.732. The Morgan fingerprint density at radius 3 is 2.62 bits per heavy atom. The van der Waals surface area contributed by atoms with Crippen molar-refractivity contribution in [3.05, 3.63) is 9.53 Å². The van der Waals surface area contributed by atoms with Gasteiger partial charge in [0.25, 0.3) is 5.95 Å². The van der Waals surface area contributed by atoms with Crippen molar-refractivity contribution in [2.24, 2.45) is 0 Å². The van der Waals surface area contributed by atoms with E-state index in [1.807, 2.05) is 22.6 Å². The average molecular weight is 294 g/mol. The molecule has 1 heterocycles. The summed E-state index contributed by atoms with van der Waals surface area (Å²) < 4.78 is 11.3. The number of rotatable bonds is 2. The zero-order valence-electron chi connectivity index (χ0n) is 7.22. The Balaban J connectivity index is 1.97. The second kappa shape index (κ2) is 3.86. The molecule has 1 aliphatic heterocycles. The molecule has 1 fully saturated rings. The van der Waals surface area contributed by atoms with Crippen LogP contribution in [0.1, 0.15) is 25.7 Å². The van der Waals surface area contributed by atoms with Crippen molar-refractivity contribution in [1.82, 2.24) is 0 Å². The summed E-state index contributed by atoms with van der Waals surface area (Å²) in [6, 6.07) is 0. The fourth-order valence-corrected chi connectivity index (χ4v) is 2.05. The Morgan fingerprint density at radius 1 is 1.38 bits per heavy atom. The molecule has 0 aromatic heterocycles. The van der Waals surface area contributed by atoms with Gasteiger partial charge in [-0.2, -0.15) is 0 Å². The lowest BCUT2D eigenvalue weighted by atomic mass is 10.3. The molecule has 0 unspecified atom stereocenters. The SMILES string of the molecule is O=C1COC(OC2CCCC2)=C1I. The summed E-state index contributed by atoms with van der Waals surface area (Å²) in [5.41, 5.74) is 0. The van der Waals surface area contributed by atoms with Crippen LogP contribution in [-0.4, -0.2) is 18.5 Å². The van der Waals surface area contributed by atoms with Gasteiger partial charge in [-0.1, -0.05) is 0 Å². The number of ether oxygens (including phenoxy) is 2. The number of halogens is 1. The van der Waals surface area contributed by atoms with Gasteiger partial charge in [-0.15, -0.1) is 0 Å². The molecule has 4 heteroatoms. The van der Waals surface area contributed by atoms with Gasteiger partial charge >= 0.3 is 0 Å². The minimum Gasteiger partial charge on any atom is -0.461 e. The molecule has 0 N–H and O–H groups in total. The van der Waals surface area contributed by atoms with Crippen LogP contribution in [0.15, 0.2) is 9.53 Å². The molecule has 72 valence electrons. The lowest BCUT2D eigenvalue weighted by Crippen LogP contribution is -2.07. The summed E-state index contributed by atoms with van der Waals surface area (Å²) in [6.45, 7) is 0.153. The first kappa shape index (κ1) is 9.30. The highest BCUT2D eigenvalue weighted by Gasteiger charge is 2.27. The van der Waals surface area contributed by atoms with Gasteiger partial charge in [0.1, 0.15) is 9.68 Å². The summed E-state index contributed by atoms with van der Waals surface area (Å²) in [4.78, 5) is 11.1. The minimum atomic E-state index is 0.0357. The van der Waals surface area contributed by atoms with Gasteiger partial charge in [-0.05, 0) is 48.3 Å². The van der Waals surface area contributed by atoms with Crippen LogP contribution in [0, 0.1) is 0 Å². The molecule has 0 spiro atoms. The third-order valence-corrected chi connectivity index (χ3v) is 3.38. The number of ketones is 1. The van der Waals surface area contributed by atoms with Gasteiger partial charge in [0.05, 0.1) is 0 Å². The summed E-state index contributed by atoms with van der Waals surface area (Å²) in [6.07, 6.45) is 4.90. The Kier molecular flexibility index (Phi) is 2.76. The van der Waals surface area contributed by atoms with Crippen molar-refractivity contribution in [1.29, 1.82) is 0 Å². The second-order valence-electron chi connectivity index (χ2n) is 3.34. The van der Waals surface area contributed by atoms with Crippen molar-refractivity contribution >= 4 is 28.4 Å². The van der Waals surface area contributed by atoms with E-state index in [4.69, 9.17) is 9.47 Å². The summed E-state index contributed by atoms with van der Waals surface area (Å²) in [5, 5.41) is 0. The molecule has 0 radical (unpaired) electrons. The maximum Gasteiger partial charge on any atom is 0.297 e. The number of hydrogen-bond donors (Lipinski definition) is 0. The fraction of sp³-hybridized carbons (Fsp3) is 0.667. The van der Waals surface area contributed by atoms with Crippen LogP contribution >= 0.6 is 22.6 Å². The topological polar surface area (TPSA) is 35.5 Å². The number of carbonyl (C=O) groups excluding carboxylic acids is 1. The first-order valence-electron chi connectivity index (χ1n) is 4.50. The smallest absolute Gasteiger partial charge is 0.297 e. The summed E-state index contributed by atoms with van der Waals surface area (Å²) in [5.74, 6) is 0.492. The predicted molar refractivity (Wildman–Crippen MR) is 55.3 cm³/mol. The van der Waals surface area contributed by atoms with E-state index >= 15 is 0 Å². The molecule has 2 aliphatic rings. The van der Waals surface area contributed by atoms with E-state index in [2.05, 4.69) is 0 Å². The Labute approximate surface area is 90.6 Å². The first-order valence-corrected chi connectivity index (χ1v) is 5.57. The second-order valence-corrected chi connectivity index (χ2v) is 4.42.